The normalized spacial score (nSPS) is 12.3. The lowest BCUT2D eigenvalue weighted by Gasteiger charge is -2.29. The van der Waals surface area contributed by atoms with Crippen molar-refractivity contribution in [2.24, 2.45) is 0 Å². The second kappa shape index (κ2) is 10.0. The standard InChI is InChI=1S/C21H30N2O2/c1-4-22(5-2)15-9-11-18(3)23(17-19-12-7-6-8-13-19)21(24)20-14-10-16-25-20/h6-8,10,12-14,16,18H,4-5,9,11,15,17H2,1-3H3. The average molecular weight is 342 g/mol. The van der Waals surface area contributed by atoms with Gasteiger partial charge < -0.3 is 14.2 Å². The van der Waals surface area contributed by atoms with Crippen molar-refractivity contribution in [2.45, 2.75) is 46.2 Å². The summed E-state index contributed by atoms with van der Waals surface area (Å²) in [5.74, 6) is 0.371. The maximum Gasteiger partial charge on any atom is 0.290 e. The van der Waals surface area contributed by atoms with Gasteiger partial charge >= 0.3 is 0 Å². The van der Waals surface area contributed by atoms with Gasteiger partial charge in [0.1, 0.15) is 0 Å². The van der Waals surface area contributed by atoms with Gasteiger partial charge in [0, 0.05) is 12.6 Å². The Kier molecular flexibility index (Phi) is 7.74. The number of rotatable bonds is 10. The van der Waals surface area contributed by atoms with Crippen LogP contribution in [0.3, 0.4) is 0 Å². The van der Waals surface area contributed by atoms with Crippen LogP contribution in [0.25, 0.3) is 0 Å². The van der Waals surface area contributed by atoms with E-state index in [2.05, 4.69) is 37.8 Å². The smallest absolute Gasteiger partial charge is 0.290 e. The molecule has 1 aromatic heterocycles. The van der Waals surface area contributed by atoms with Crippen LogP contribution in [0.5, 0.6) is 0 Å². The SMILES string of the molecule is CCN(CC)CCCC(C)N(Cc1ccccc1)C(=O)c1ccco1. The van der Waals surface area contributed by atoms with Crippen molar-refractivity contribution in [1.82, 2.24) is 9.80 Å². The molecule has 0 aliphatic heterocycles. The summed E-state index contributed by atoms with van der Waals surface area (Å²) >= 11 is 0. The fourth-order valence-corrected chi connectivity index (χ4v) is 3.06. The number of carbonyl (C=O) groups excluding carboxylic acids is 1. The Labute approximate surface area is 151 Å². The van der Waals surface area contributed by atoms with Gasteiger partial charge in [0.25, 0.3) is 5.91 Å². The molecule has 1 atom stereocenters. The lowest BCUT2D eigenvalue weighted by Crippen LogP contribution is -2.38. The van der Waals surface area contributed by atoms with E-state index in [0.29, 0.717) is 12.3 Å². The number of nitrogens with zero attached hydrogens (tertiary/aromatic N) is 2. The predicted octanol–water partition coefficient (Wildman–Crippen LogP) is 4.43. The zero-order valence-electron chi connectivity index (χ0n) is 15.6. The number of carbonyl (C=O) groups is 1. The number of furan rings is 1. The Hall–Kier alpha value is -2.07. The third kappa shape index (κ3) is 5.75. The molecule has 1 heterocycles. The molecule has 4 nitrogen and oxygen atoms in total. The molecule has 2 rings (SSSR count). The van der Waals surface area contributed by atoms with Gasteiger partial charge in [-0.2, -0.15) is 0 Å². The molecule has 136 valence electrons. The second-order valence-corrected chi connectivity index (χ2v) is 6.41. The summed E-state index contributed by atoms with van der Waals surface area (Å²) in [6, 6.07) is 13.8. The van der Waals surface area contributed by atoms with Gasteiger partial charge in [-0.15, -0.1) is 0 Å². The third-order valence-electron chi connectivity index (χ3n) is 4.71. The summed E-state index contributed by atoms with van der Waals surface area (Å²) in [4.78, 5) is 17.2. The number of amides is 1. The summed E-state index contributed by atoms with van der Waals surface area (Å²) in [5.41, 5.74) is 1.14. The minimum absolute atomic E-state index is 0.0378. The molecule has 1 unspecified atom stereocenters. The maximum absolute atomic E-state index is 12.9. The zero-order valence-corrected chi connectivity index (χ0v) is 15.6. The van der Waals surface area contributed by atoms with Crippen molar-refractivity contribution in [3.05, 3.63) is 60.1 Å². The average Bonchev–Trinajstić information content (AvgIpc) is 3.18. The van der Waals surface area contributed by atoms with Crippen LogP contribution in [0.4, 0.5) is 0 Å². The van der Waals surface area contributed by atoms with Crippen LogP contribution < -0.4 is 0 Å². The number of benzene rings is 1. The van der Waals surface area contributed by atoms with Crippen LogP contribution in [0.15, 0.2) is 53.1 Å². The molecule has 0 fully saturated rings. The molecule has 0 aliphatic carbocycles. The third-order valence-corrected chi connectivity index (χ3v) is 4.71. The fourth-order valence-electron chi connectivity index (χ4n) is 3.06. The highest BCUT2D eigenvalue weighted by Crippen LogP contribution is 2.17. The van der Waals surface area contributed by atoms with E-state index in [1.165, 1.54) is 0 Å². The van der Waals surface area contributed by atoms with Crippen LogP contribution in [0, 0.1) is 0 Å². The lowest BCUT2D eigenvalue weighted by atomic mass is 10.1. The first kappa shape index (κ1) is 19.3. The predicted molar refractivity (Wildman–Crippen MR) is 102 cm³/mol. The molecule has 0 radical (unpaired) electrons. The van der Waals surface area contributed by atoms with Gasteiger partial charge in [0.2, 0.25) is 0 Å². The highest BCUT2D eigenvalue weighted by molar-refractivity contribution is 5.91. The van der Waals surface area contributed by atoms with Crippen molar-refractivity contribution in [1.29, 1.82) is 0 Å². The summed E-state index contributed by atoms with van der Waals surface area (Å²) in [5, 5.41) is 0. The topological polar surface area (TPSA) is 36.7 Å². The molecule has 2 aromatic rings. The van der Waals surface area contributed by atoms with E-state index in [4.69, 9.17) is 4.42 Å². The van der Waals surface area contributed by atoms with Gasteiger partial charge in [-0.05, 0) is 57.1 Å². The van der Waals surface area contributed by atoms with E-state index in [9.17, 15) is 4.79 Å². The molecule has 0 bridgehead atoms. The van der Waals surface area contributed by atoms with Crippen LogP contribution in [0.2, 0.25) is 0 Å². The molecule has 1 amide bonds. The van der Waals surface area contributed by atoms with E-state index in [-0.39, 0.29) is 11.9 Å². The Balaban J connectivity index is 2.03. The monoisotopic (exact) mass is 342 g/mol. The molecule has 1 aromatic carbocycles. The number of hydrogen-bond acceptors (Lipinski definition) is 3. The van der Waals surface area contributed by atoms with Crippen molar-refractivity contribution < 1.29 is 9.21 Å². The van der Waals surface area contributed by atoms with Crippen LogP contribution in [-0.4, -0.2) is 41.4 Å². The minimum Gasteiger partial charge on any atom is -0.459 e. The molecular formula is C21H30N2O2. The van der Waals surface area contributed by atoms with E-state index in [0.717, 1.165) is 38.0 Å². The van der Waals surface area contributed by atoms with Crippen LogP contribution >= 0.6 is 0 Å². The van der Waals surface area contributed by atoms with E-state index in [1.54, 1.807) is 18.4 Å². The maximum atomic E-state index is 12.9. The van der Waals surface area contributed by atoms with Gasteiger partial charge in [0.05, 0.1) is 6.26 Å². The van der Waals surface area contributed by atoms with Crippen molar-refractivity contribution in [2.75, 3.05) is 19.6 Å². The zero-order chi connectivity index (χ0) is 18.1. The highest BCUT2D eigenvalue weighted by atomic mass is 16.3. The molecule has 25 heavy (non-hydrogen) atoms. The Morgan fingerprint density at radius 3 is 2.40 bits per heavy atom. The highest BCUT2D eigenvalue weighted by Gasteiger charge is 2.23. The Morgan fingerprint density at radius 2 is 1.80 bits per heavy atom. The van der Waals surface area contributed by atoms with Gasteiger partial charge in [-0.25, -0.2) is 0 Å². The van der Waals surface area contributed by atoms with E-state index >= 15 is 0 Å². The summed E-state index contributed by atoms with van der Waals surface area (Å²) in [7, 11) is 0. The van der Waals surface area contributed by atoms with E-state index in [1.807, 2.05) is 23.1 Å². The van der Waals surface area contributed by atoms with Crippen molar-refractivity contribution in [3.8, 4) is 0 Å². The first-order chi connectivity index (χ1) is 12.2. The van der Waals surface area contributed by atoms with Crippen LogP contribution in [-0.2, 0) is 6.54 Å². The van der Waals surface area contributed by atoms with Crippen LogP contribution in [0.1, 0.15) is 49.7 Å². The minimum atomic E-state index is -0.0378. The Bertz CT molecular complexity index is 606. The molecule has 0 saturated heterocycles. The molecule has 4 heteroatoms. The quantitative estimate of drug-likeness (QED) is 0.641. The van der Waals surface area contributed by atoms with Crippen molar-refractivity contribution >= 4 is 5.91 Å². The summed E-state index contributed by atoms with van der Waals surface area (Å²) in [6.07, 6.45) is 3.62. The molecule has 0 spiro atoms. The largest absolute Gasteiger partial charge is 0.459 e. The summed E-state index contributed by atoms with van der Waals surface area (Å²) < 4.78 is 5.34. The van der Waals surface area contributed by atoms with E-state index < -0.39 is 0 Å². The molecule has 0 saturated carbocycles. The molecule has 0 aliphatic rings. The van der Waals surface area contributed by atoms with Gasteiger partial charge in [-0.1, -0.05) is 44.2 Å². The summed E-state index contributed by atoms with van der Waals surface area (Å²) in [6.45, 7) is 10.3. The van der Waals surface area contributed by atoms with Gasteiger partial charge in [0.15, 0.2) is 5.76 Å². The van der Waals surface area contributed by atoms with Crippen molar-refractivity contribution in [3.63, 3.8) is 0 Å². The fraction of sp³-hybridized carbons (Fsp3) is 0.476. The first-order valence-electron chi connectivity index (χ1n) is 9.26. The first-order valence-corrected chi connectivity index (χ1v) is 9.26. The second-order valence-electron chi connectivity index (χ2n) is 6.41. The lowest BCUT2D eigenvalue weighted by molar-refractivity contribution is 0.0629. The molecular weight excluding hydrogens is 312 g/mol. The van der Waals surface area contributed by atoms with Gasteiger partial charge in [-0.3, -0.25) is 4.79 Å². The number of hydrogen-bond donors (Lipinski definition) is 0. The Morgan fingerprint density at radius 1 is 1.08 bits per heavy atom. The molecule has 0 N–H and O–H groups in total.